The molecule has 0 amide bonds. The smallest absolute Gasteiger partial charge is 0.214 e. The topological polar surface area (TPSA) is 142 Å². The van der Waals surface area contributed by atoms with Gasteiger partial charge in [0, 0.05) is 32.1 Å². The molecule has 0 saturated carbocycles. The lowest BCUT2D eigenvalue weighted by molar-refractivity contribution is 0.107. The highest BCUT2D eigenvalue weighted by Crippen LogP contribution is 2.37. The third-order valence-corrected chi connectivity index (χ3v) is 10.0. The van der Waals surface area contributed by atoms with Gasteiger partial charge in [-0.1, -0.05) is 65.9 Å². The molecular formula is C29H33ClN10O2S. The highest BCUT2D eigenvalue weighted by atomic mass is 35.5. The van der Waals surface area contributed by atoms with E-state index in [1.807, 2.05) is 51.8 Å². The van der Waals surface area contributed by atoms with Gasteiger partial charge in [0.2, 0.25) is 10.0 Å². The number of benzene rings is 2. The highest BCUT2D eigenvalue weighted by Gasteiger charge is 2.36. The maximum Gasteiger partial charge on any atom is 0.214 e. The first-order chi connectivity index (χ1) is 20.9. The number of aromatic amines is 1. The van der Waals surface area contributed by atoms with Gasteiger partial charge < -0.3 is 9.55 Å². The molecule has 0 bridgehead atoms. The van der Waals surface area contributed by atoms with E-state index in [2.05, 4.69) is 54.4 Å². The summed E-state index contributed by atoms with van der Waals surface area (Å²) in [5.41, 5.74) is 4.20. The number of hydrogen-bond acceptors (Lipinski definition) is 8. The van der Waals surface area contributed by atoms with Crippen molar-refractivity contribution in [3.05, 3.63) is 102 Å². The Balaban J connectivity index is 1.34. The van der Waals surface area contributed by atoms with E-state index < -0.39 is 10.0 Å². The van der Waals surface area contributed by atoms with Crippen LogP contribution in [0.1, 0.15) is 35.3 Å². The van der Waals surface area contributed by atoms with Gasteiger partial charge in [-0.25, -0.2) is 23.1 Å². The molecule has 3 aromatic heterocycles. The average Bonchev–Trinajstić information content (AvgIpc) is 3.72. The van der Waals surface area contributed by atoms with Crippen molar-refractivity contribution in [3.8, 4) is 0 Å². The zero-order chi connectivity index (χ0) is 29.8. The molecule has 0 aliphatic carbocycles. The van der Waals surface area contributed by atoms with Gasteiger partial charge in [0.05, 0.1) is 43.2 Å². The van der Waals surface area contributed by atoms with Gasteiger partial charge in [0.25, 0.3) is 0 Å². The number of H-pyrrole nitrogens is 1. The summed E-state index contributed by atoms with van der Waals surface area (Å²) >= 11 is 5.78. The largest absolute Gasteiger partial charge is 0.340 e. The quantitative estimate of drug-likeness (QED) is 0.216. The maximum absolute atomic E-state index is 12.9. The van der Waals surface area contributed by atoms with E-state index in [0.29, 0.717) is 56.2 Å². The minimum absolute atomic E-state index is 0.0651. The van der Waals surface area contributed by atoms with E-state index in [0.717, 1.165) is 16.8 Å². The Kier molecular flexibility index (Phi) is 8.66. The van der Waals surface area contributed by atoms with Gasteiger partial charge in [-0.2, -0.15) is 4.31 Å². The zero-order valence-electron chi connectivity index (χ0n) is 23.5. The second-order valence-electron chi connectivity index (χ2n) is 10.5. The Labute approximate surface area is 254 Å². The second-order valence-corrected chi connectivity index (χ2v) is 13.0. The number of nitrogens with one attached hydrogen (secondary N) is 2. The van der Waals surface area contributed by atoms with Crippen LogP contribution in [0.3, 0.4) is 0 Å². The van der Waals surface area contributed by atoms with Crippen LogP contribution in [0, 0.1) is 5.41 Å². The van der Waals surface area contributed by atoms with Crippen LogP contribution in [0.25, 0.3) is 11.2 Å². The molecule has 1 aliphatic heterocycles. The molecule has 5 aromatic rings. The summed E-state index contributed by atoms with van der Waals surface area (Å²) in [4.78, 5) is 13.9. The van der Waals surface area contributed by atoms with E-state index in [9.17, 15) is 8.42 Å². The molecule has 0 spiro atoms. The summed E-state index contributed by atoms with van der Waals surface area (Å²) in [6, 6.07) is 20.1. The minimum Gasteiger partial charge on any atom is -0.340 e. The van der Waals surface area contributed by atoms with Crippen LogP contribution < -0.4 is 5.49 Å². The summed E-state index contributed by atoms with van der Waals surface area (Å²) in [7, 11) is -3.36. The van der Waals surface area contributed by atoms with Gasteiger partial charge in [-0.05, 0) is 17.5 Å². The van der Waals surface area contributed by atoms with E-state index in [1.54, 1.807) is 17.0 Å². The molecule has 1 fully saturated rings. The number of halogens is 1. The molecule has 2 atom stereocenters. The van der Waals surface area contributed by atoms with Gasteiger partial charge >= 0.3 is 0 Å². The SMILES string of the molecule is N=c1ncn(Cc2cn([C@H](c3ccccc3)[C@H](c3ccccc3)N3CCN(S(=O)(=O)CCCCl)CC3)nn2)c2nc[nH]c12. The fraction of sp³-hybridized carbons (Fsp3) is 0.345. The van der Waals surface area contributed by atoms with Crippen molar-refractivity contribution in [2.75, 3.05) is 37.8 Å². The Morgan fingerprint density at radius 2 is 1.60 bits per heavy atom. The molecule has 2 aromatic carbocycles. The van der Waals surface area contributed by atoms with E-state index in [4.69, 9.17) is 17.0 Å². The summed E-state index contributed by atoms with van der Waals surface area (Å²) in [5, 5.41) is 17.2. The van der Waals surface area contributed by atoms with Crippen molar-refractivity contribution in [3.63, 3.8) is 0 Å². The first-order valence-corrected chi connectivity index (χ1v) is 16.3. The fourth-order valence-electron chi connectivity index (χ4n) is 5.74. The minimum atomic E-state index is -3.36. The Bertz CT molecular complexity index is 1820. The Morgan fingerprint density at radius 3 is 2.28 bits per heavy atom. The normalized spacial score (nSPS) is 16.4. The van der Waals surface area contributed by atoms with Crippen molar-refractivity contribution in [2.24, 2.45) is 0 Å². The first-order valence-electron chi connectivity index (χ1n) is 14.2. The molecule has 4 heterocycles. The predicted molar refractivity (Wildman–Crippen MR) is 163 cm³/mol. The number of nitrogens with zero attached hydrogens (tertiary/aromatic N) is 8. The molecule has 1 aliphatic rings. The summed E-state index contributed by atoms with van der Waals surface area (Å²) in [6.45, 7) is 2.34. The van der Waals surface area contributed by atoms with E-state index in [1.165, 1.54) is 0 Å². The lowest BCUT2D eigenvalue weighted by Crippen LogP contribution is -2.51. The lowest BCUT2D eigenvalue weighted by Gasteiger charge is -2.42. The molecule has 0 radical (unpaired) electrons. The van der Waals surface area contributed by atoms with Crippen LogP contribution >= 0.6 is 11.6 Å². The summed E-state index contributed by atoms with van der Waals surface area (Å²) in [6.07, 6.45) is 5.53. The van der Waals surface area contributed by atoms with Gasteiger partial charge in [0.15, 0.2) is 11.1 Å². The van der Waals surface area contributed by atoms with Crippen LogP contribution in [0.15, 0.2) is 79.5 Å². The number of hydrogen-bond donors (Lipinski definition) is 2. The molecule has 14 heteroatoms. The van der Waals surface area contributed by atoms with E-state index >= 15 is 0 Å². The molecule has 2 N–H and O–H groups in total. The monoisotopic (exact) mass is 620 g/mol. The van der Waals surface area contributed by atoms with Crippen LogP contribution in [0.4, 0.5) is 0 Å². The summed E-state index contributed by atoms with van der Waals surface area (Å²) in [5.74, 6) is 0.390. The molecular weight excluding hydrogens is 588 g/mol. The van der Waals surface area contributed by atoms with Crippen LogP contribution in [-0.2, 0) is 16.6 Å². The number of sulfonamides is 1. The molecule has 0 unspecified atom stereocenters. The van der Waals surface area contributed by atoms with Crippen LogP contribution in [0.2, 0.25) is 0 Å². The maximum atomic E-state index is 12.9. The number of alkyl halides is 1. The third kappa shape index (κ3) is 6.25. The van der Waals surface area contributed by atoms with Crippen molar-refractivity contribution in [1.29, 1.82) is 5.41 Å². The second kappa shape index (κ2) is 12.8. The van der Waals surface area contributed by atoms with Gasteiger partial charge in [0.1, 0.15) is 11.2 Å². The zero-order valence-corrected chi connectivity index (χ0v) is 25.1. The van der Waals surface area contributed by atoms with Crippen molar-refractivity contribution >= 4 is 32.8 Å². The number of imidazole rings is 1. The van der Waals surface area contributed by atoms with Crippen molar-refractivity contribution in [1.82, 2.24) is 43.7 Å². The number of aromatic nitrogens is 7. The van der Waals surface area contributed by atoms with Crippen molar-refractivity contribution < 1.29 is 8.42 Å². The molecule has 1 saturated heterocycles. The Morgan fingerprint density at radius 1 is 0.930 bits per heavy atom. The lowest BCUT2D eigenvalue weighted by atomic mass is 9.91. The molecule has 12 nitrogen and oxygen atoms in total. The standard InChI is InChI=1S/C29H33ClN10O2S/c30-12-7-17-43(41,42)39-15-13-37(14-16-39)26(22-8-3-1-4-9-22)27(23-10-5-2-6-11-23)40-19-24(35-36-40)18-38-21-34-28(31)25-29(38)33-20-32-25/h1-6,8-11,19-21,26-27,31H,7,12-18H2,(H,32,33)/t26-,27+/m0/s1. The molecule has 43 heavy (non-hydrogen) atoms. The van der Waals surface area contributed by atoms with Crippen LogP contribution in [0.5, 0.6) is 0 Å². The van der Waals surface area contributed by atoms with Crippen LogP contribution in [-0.4, -0.2) is 89.9 Å². The first kappa shape index (κ1) is 29.2. The van der Waals surface area contributed by atoms with Gasteiger partial charge in [-0.15, -0.1) is 16.7 Å². The number of piperazine rings is 1. The van der Waals surface area contributed by atoms with Crippen molar-refractivity contribution in [2.45, 2.75) is 25.0 Å². The number of rotatable bonds is 11. The van der Waals surface area contributed by atoms with E-state index in [-0.39, 0.29) is 23.3 Å². The molecule has 6 rings (SSSR count). The Hall–Kier alpha value is -3.91. The summed E-state index contributed by atoms with van der Waals surface area (Å²) < 4.78 is 31.1. The number of fused-ring (bicyclic) bond motifs is 1. The predicted octanol–water partition coefficient (Wildman–Crippen LogP) is 2.79. The third-order valence-electron chi connectivity index (χ3n) is 7.81. The fourth-order valence-corrected chi connectivity index (χ4v) is 7.52. The molecule has 224 valence electrons. The average molecular weight is 621 g/mol. The highest BCUT2D eigenvalue weighted by molar-refractivity contribution is 7.89. The van der Waals surface area contributed by atoms with Gasteiger partial charge in [-0.3, -0.25) is 10.3 Å².